The van der Waals surface area contributed by atoms with E-state index in [0.29, 0.717) is 0 Å². The Kier molecular flexibility index (Phi) is 5.04. The predicted octanol–water partition coefficient (Wildman–Crippen LogP) is 2.13. The number of halogens is 3. The number of esters is 1. The molecule has 0 heterocycles. The molecular weight excluding hydrogens is 211 g/mol. The van der Waals surface area contributed by atoms with Crippen molar-refractivity contribution in [1.29, 1.82) is 0 Å². The molecule has 0 amide bonds. The molecule has 3 nitrogen and oxygen atoms in total. The zero-order valence-corrected chi connectivity index (χ0v) is 8.68. The summed E-state index contributed by atoms with van der Waals surface area (Å²) in [6, 6.07) is 0. The van der Waals surface area contributed by atoms with Gasteiger partial charge in [0.05, 0.1) is 12.2 Å². The Morgan fingerprint density at radius 1 is 1.47 bits per heavy atom. The first-order valence-corrected chi connectivity index (χ1v) is 4.22. The van der Waals surface area contributed by atoms with Crippen LogP contribution in [0.2, 0.25) is 0 Å². The Balaban J connectivity index is 5.20. The van der Waals surface area contributed by atoms with Gasteiger partial charge in [-0.1, -0.05) is 0 Å². The third kappa shape index (κ3) is 4.14. The van der Waals surface area contributed by atoms with Crippen LogP contribution in [0.4, 0.5) is 13.2 Å². The topological polar surface area (TPSA) is 38.7 Å². The van der Waals surface area contributed by atoms with Gasteiger partial charge in [-0.2, -0.15) is 13.2 Å². The van der Waals surface area contributed by atoms with E-state index in [1.54, 1.807) is 0 Å². The van der Waals surface area contributed by atoms with Gasteiger partial charge >= 0.3 is 12.1 Å². The smallest absolute Gasteiger partial charge is 0.413 e. The lowest BCUT2D eigenvalue weighted by molar-refractivity contribution is -0.139. The molecule has 0 atom stereocenters. The molecule has 0 N–H and O–H groups in total. The summed E-state index contributed by atoms with van der Waals surface area (Å²) in [5.41, 5.74) is -1.57. The van der Waals surface area contributed by atoms with Crippen LogP contribution in [0.5, 0.6) is 0 Å². The highest BCUT2D eigenvalue weighted by atomic mass is 19.4. The molecule has 15 heavy (non-hydrogen) atoms. The fourth-order valence-electron chi connectivity index (χ4n) is 0.793. The third-order valence-corrected chi connectivity index (χ3v) is 1.58. The van der Waals surface area contributed by atoms with Gasteiger partial charge in [-0.25, -0.2) is 4.79 Å². The van der Waals surface area contributed by atoms with Crippen molar-refractivity contribution >= 4 is 12.2 Å². The summed E-state index contributed by atoms with van der Waals surface area (Å²) in [5, 5.41) is 0. The molecule has 0 aliphatic rings. The number of allylic oxidation sites excluding steroid dienone is 1. The van der Waals surface area contributed by atoms with Crippen LogP contribution in [-0.2, 0) is 9.53 Å². The lowest BCUT2D eigenvalue weighted by atomic mass is 10.1. The number of aliphatic imine (C=N–C) groups is 1. The maximum atomic E-state index is 12.3. The minimum atomic E-state index is -4.55. The molecular formula is C9H12F3NO2. The van der Waals surface area contributed by atoms with E-state index in [1.165, 1.54) is 14.0 Å². The first kappa shape index (κ1) is 13.7. The molecule has 0 aromatic rings. The predicted molar refractivity (Wildman–Crippen MR) is 49.8 cm³/mol. The molecule has 0 fully saturated rings. The number of hydrogen-bond donors (Lipinski definition) is 0. The Hall–Kier alpha value is -1.33. The van der Waals surface area contributed by atoms with Crippen molar-refractivity contribution in [3.05, 3.63) is 11.1 Å². The molecule has 0 spiro atoms. The normalized spacial score (nSPS) is 14.0. The molecule has 6 heteroatoms. The fourth-order valence-corrected chi connectivity index (χ4v) is 0.793. The average Bonchev–Trinajstić information content (AvgIpc) is 2.12. The summed E-state index contributed by atoms with van der Waals surface area (Å²) in [6.45, 7) is 2.35. The first-order chi connectivity index (χ1) is 6.84. The van der Waals surface area contributed by atoms with Gasteiger partial charge in [-0.15, -0.1) is 0 Å². The second-order valence-electron chi connectivity index (χ2n) is 2.64. The number of hydrogen-bond acceptors (Lipinski definition) is 3. The Bertz CT molecular complexity index is 292. The van der Waals surface area contributed by atoms with Gasteiger partial charge in [0, 0.05) is 18.8 Å². The molecule has 86 valence electrons. The van der Waals surface area contributed by atoms with Gasteiger partial charge < -0.3 is 4.74 Å². The third-order valence-electron chi connectivity index (χ3n) is 1.58. The van der Waals surface area contributed by atoms with E-state index in [-0.39, 0.29) is 6.61 Å². The molecule has 0 radical (unpaired) electrons. The van der Waals surface area contributed by atoms with Gasteiger partial charge in [0.2, 0.25) is 0 Å². The lowest BCUT2D eigenvalue weighted by Gasteiger charge is -2.10. The minimum Gasteiger partial charge on any atom is -0.462 e. The zero-order valence-electron chi connectivity index (χ0n) is 8.68. The van der Waals surface area contributed by atoms with E-state index >= 15 is 0 Å². The molecule has 0 unspecified atom stereocenters. The van der Waals surface area contributed by atoms with Crippen LogP contribution in [0.3, 0.4) is 0 Å². The fraction of sp³-hybridized carbons (Fsp3) is 0.556. The van der Waals surface area contributed by atoms with Crippen LogP contribution in [0.25, 0.3) is 0 Å². The van der Waals surface area contributed by atoms with Gasteiger partial charge in [0.1, 0.15) is 0 Å². The largest absolute Gasteiger partial charge is 0.462 e. The number of alkyl halides is 3. The van der Waals surface area contributed by atoms with Crippen molar-refractivity contribution in [1.82, 2.24) is 0 Å². The second kappa shape index (κ2) is 5.53. The van der Waals surface area contributed by atoms with E-state index in [2.05, 4.69) is 9.73 Å². The Labute approximate surface area is 85.6 Å². The Morgan fingerprint density at radius 3 is 2.33 bits per heavy atom. The lowest BCUT2D eigenvalue weighted by Crippen LogP contribution is -2.18. The summed E-state index contributed by atoms with van der Waals surface area (Å²) in [6.07, 6.45) is -3.70. The highest BCUT2D eigenvalue weighted by Gasteiger charge is 2.34. The monoisotopic (exact) mass is 223 g/mol. The van der Waals surface area contributed by atoms with E-state index in [9.17, 15) is 18.0 Å². The van der Waals surface area contributed by atoms with E-state index in [4.69, 9.17) is 0 Å². The number of carbonyl (C=O) groups excluding carboxylic acids is 1. The van der Waals surface area contributed by atoms with E-state index in [0.717, 1.165) is 13.1 Å². The molecule has 0 saturated carbocycles. The van der Waals surface area contributed by atoms with Crippen molar-refractivity contribution in [2.75, 3.05) is 13.7 Å². The second-order valence-corrected chi connectivity index (χ2v) is 2.64. The van der Waals surface area contributed by atoms with Crippen LogP contribution in [-0.4, -0.2) is 32.0 Å². The maximum absolute atomic E-state index is 12.3. The minimum absolute atomic E-state index is 0.0189. The Morgan fingerprint density at radius 2 is 2.00 bits per heavy atom. The van der Waals surface area contributed by atoms with Crippen LogP contribution in [0, 0.1) is 0 Å². The van der Waals surface area contributed by atoms with Crippen molar-refractivity contribution in [3.8, 4) is 0 Å². The number of ether oxygens (including phenoxy) is 1. The van der Waals surface area contributed by atoms with E-state index < -0.39 is 23.3 Å². The number of carbonyl (C=O) groups is 1. The zero-order chi connectivity index (χ0) is 12.1. The molecule has 0 aliphatic heterocycles. The summed E-state index contributed by atoms with van der Waals surface area (Å²) >= 11 is 0. The van der Waals surface area contributed by atoms with Crippen LogP contribution in [0.1, 0.15) is 13.8 Å². The number of rotatable bonds is 3. The van der Waals surface area contributed by atoms with Crippen molar-refractivity contribution < 1.29 is 22.7 Å². The van der Waals surface area contributed by atoms with Gasteiger partial charge in [0.25, 0.3) is 0 Å². The molecule has 0 rings (SSSR count). The van der Waals surface area contributed by atoms with Crippen molar-refractivity contribution in [3.63, 3.8) is 0 Å². The highest BCUT2D eigenvalue weighted by molar-refractivity contribution is 6.10. The average molecular weight is 223 g/mol. The summed E-state index contributed by atoms with van der Waals surface area (Å²) in [5.74, 6) is -1.02. The van der Waals surface area contributed by atoms with Crippen LogP contribution < -0.4 is 0 Å². The van der Waals surface area contributed by atoms with Gasteiger partial charge in [0.15, 0.2) is 0 Å². The standard InChI is InChI=1S/C9H12F3NO2/c1-4-15-8(14)7(5-13-3)6(2)9(10,11)12/h5H,4H2,1-3H3/b7-6-,13-5?. The van der Waals surface area contributed by atoms with Crippen LogP contribution >= 0.6 is 0 Å². The molecule has 0 aromatic carbocycles. The summed E-state index contributed by atoms with van der Waals surface area (Å²) in [4.78, 5) is 14.5. The number of nitrogens with zero attached hydrogens (tertiary/aromatic N) is 1. The van der Waals surface area contributed by atoms with Gasteiger partial charge in [-0.3, -0.25) is 4.99 Å². The molecule has 0 bridgehead atoms. The molecule has 0 aromatic heterocycles. The van der Waals surface area contributed by atoms with Crippen molar-refractivity contribution in [2.24, 2.45) is 4.99 Å². The van der Waals surface area contributed by atoms with Crippen LogP contribution in [0.15, 0.2) is 16.1 Å². The quantitative estimate of drug-likeness (QED) is 0.417. The summed E-state index contributed by atoms with van der Waals surface area (Å²) < 4.78 is 41.4. The maximum Gasteiger partial charge on any atom is 0.413 e. The van der Waals surface area contributed by atoms with Crippen molar-refractivity contribution in [2.45, 2.75) is 20.0 Å². The highest BCUT2D eigenvalue weighted by Crippen LogP contribution is 2.27. The van der Waals surface area contributed by atoms with Gasteiger partial charge in [-0.05, 0) is 13.8 Å². The summed E-state index contributed by atoms with van der Waals surface area (Å²) in [7, 11) is 1.28. The SMILES string of the molecule is CCOC(=O)/C(C=NC)=C(/C)C(F)(F)F. The first-order valence-electron chi connectivity index (χ1n) is 4.22. The molecule has 0 saturated heterocycles. The van der Waals surface area contributed by atoms with E-state index in [1.807, 2.05) is 0 Å². The molecule has 0 aliphatic carbocycles.